The largest absolute Gasteiger partial charge is 0.497 e. The molecule has 19 heavy (non-hydrogen) atoms. The Balaban J connectivity index is 2.94. The van der Waals surface area contributed by atoms with Crippen molar-refractivity contribution in [2.45, 2.75) is 13.8 Å². The number of carbonyl (C=O) groups excluding carboxylic acids is 1. The summed E-state index contributed by atoms with van der Waals surface area (Å²) in [7, 11) is 3.32. The maximum atomic E-state index is 12.4. The van der Waals surface area contributed by atoms with E-state index in [4.69, 9.17) is 22.7 Å². The maximum Gasteiger partial charge on any atom is 0.236 e. The third kappa shape index (κ3) is 3.67. The Bertz CT molecular complexity index is 457. The molecule has 104 valence electrons. The van der Waals surface area contributed by atoms with Crippen LogP contribution in [0.1, 0.15) is 13.8 Å². The van der Waals surface area contributed by atoms with Gasteiger partial charge in [-0.05, 0) is 30.2 Å². The summed E-state index contributed by atoms with van der Waals surface area (Å²) in [5.74, 6) is 0.292. The number of anilines is 1. The minimum atomic E-state index is -0.442. The fourth-order valence-electron chi connectivity index (χ4n) is 1.88. The Labute approximate surface area is 119 Å². The van der Waals surface area contributed by atoms with Gasteiger partial charge in [-0.15, -0.1) is 0 Å². The Morgan fingerprint density at radius 3 is 2.21 bits per heavy atom. The first-order valence-electron chi connectivity index (χ1n) is 6.09. The number of amides is 1. The summed E-state index contributed by atoms with van der Waals surface area (Å²) >= 11 is 4.99. The molecule has 0 radical (unpaired) electrons. The van der Waals surface area contributed by atoms with E-state index in [2.05, 4.69) is 0 Å². The molecule has 0 spiro atoms. The molecular weight excluding hydrogens is 260 g/mol. The zero-order valence-corrected chi connectivity index (χ0v) is 12.5. The van der Waals surface area contributed by atoms with Gasteiger partial charge in [0.1, 0.15) is 5.75 Å². The molecule has 1 rings (SSSR count). The molecule has 0 saturated heterocycles. The molecular formula is C14H20N2O2S. The molecule has 5 heteroatoms. The summed E-state index contributed by atoms with van der Waals surface area (Å²) in [6.07, 6.45) is 0. The molecule has 4 nitrogen and oxygen atoms in total. The summed E-state index contributed by atoms with van der Waals surface area (Å²) in [4.78, 5) is 14.2. The van der Waals surface area contributed by atoms with Crippen molar-refractivity contribution in [3.8, 4) is 5.75 Å². The zero-order chi connectivity index (χ0) is 14.6. The summed E-state index contributed by atoms with van der Waals surface area (Å²) in [5, 5.41) is 0. The number of carbonyl (C=O) groups is 1. The van der Waals surface area contributed by atoms with Gasteiger partial charge in [-0.2, -0.15) is 0 Å². The minimum absolute atomic E-state index is 0.0747. The van der Waals surface area contributed by atoms with Gasteiger partial charge in [0.15, 0.2) is 0 Å². The van der Waals surface area contributed by atoms with Gasteiger partial charge in [-0.3, -0.25) is 4.79 Å². The molecule has 0 bridgehead atoms. The van der Waals surface area contributed by atoms with Crippen molar-refractivity contribution in [2.75, 3.05) is 19.1 Å². The number of hydrogen-bond donors (Lipinski definition) is 1. The molecule has 1 atom stereocenters. The van der Waals surface area contributed by atoms with Crippen molar-refractivity contribution in [1.82, 2.24) is 0 Å². The second-order valence-electron chi connectivity index (χ2n) is 4.72. The van der Waals surface area contributed by atoms with Crippen molar-refractivity contribution >= 4 is 28.8 Å². The van der Waals surface area contributed by atoms with E-state index in [0.29, 0.717) is 0 Å². The molecule has 0 saturated carbocycles. The van der Waals surface area contributed by atoms with Gasteiger partial charge in [-0.1, -0.05) is 26.1 Å². The van der Waals surface area contributed by atoms with E-state index in [0.717, 1.165) is 11.4 Å². The third-order valence-corrected chi connectivity index (χ3v) is 3.28. The van der Waals surface area contributed by atoms with Crippen molar-refractivity contribution in [2.24, 2.45) is 17.6 Å². The van der Waals surface area contributed by atoms with E-state index < -0.39 is 5.92 Å². The molecule has 0 aliphatic heterocycles. The van der Waals surface area contributed by atoms with E-state index in [1.165, 1.54) is 0 Å². The number of rotatable bonds is 5. The lowest BCUT2D eigenvalue weighted by Gasteiger charge is -2.25. The van der Waals surface area contributed by atoms with Crippen LogP contribution in [0.4, 0.5) is 5.69 Å². The fraction of sp³-hybridized carbons (Fsp3) is 0.429. The van der Waals surface area contributed by atoms with Crippen LogP contribution in [0.3, 0.4) is 0 Å². The highest BCUT2D eigenvalue weighted by Gasteiger charge is 2.28. The third-order valence-electron chi connectivity index (χ3n) is 3.03. The summed E-state index contributed by atoms with van der Waals surface area (Å²) in [6.45, 7) is 3.87. The molecule has 1 aromatic carbocycles. The molecule has 0 aliphatic carbocycles. The topological polar surface area (TPSA) is 55.6 Å². The van der Waals surface area contributed by atoms with E-state index in [9.17, 15) is 4.79 Å². The van der Waals surface area contributed by atoms with Crippen LogP contribution in [-0.2, 0) is 4.79 Å². The van der Waals surface area contributed by atoms with Gasteiger partial charge >= 0.3 is 0 Å². The van der Waals surface area contributed by atoms with Crippen LogP contribution in [0.25, 0.3) is 0 Å². The van der Waals surface area contributed by atoms with Gasteiger partial charge in [0, 0.05) is 12.7 Å². The van der Waals surface area contributed by atoms with Crippen molar-refractivity contribution in [3.63, 3.8) is 0 Å². The SMILES string of the molecule is COc1ccc(N(C)C(=O)C(C(N)=S)C(C)C)cc1. The van der Waals surface area contributed by atoms with Gasteiger partial charge in [0.25, 0.3) is 0 Å². The lowest BCUT2D eigenvalue weighted by molar-refractivity contribution is -0.121. The Morgan fingerprint density at radius 2 is 1.84 bits per heavy atom. The summed E-state index contributed by atoms with van der Waals surface area (Å²) in [6, 6.07) is 7.27. The summed E-state index contributed by atoms with van der Waals surface area (Å²) in [5.41, 5.74) is 6.45. The number of methoxy groups -OCH3 is 1. The lowest BCUT2D eigenvalue weighted by atomic mass is 9.94. The van der Waals surface area contributed by atoms with Gasteiger partial charge < -0.3 is 15.4 Å². The lowest BCUT2D eigenvalue weighted by Crippen LogP contribution is -2.41. The van der Waals surface area contributed by atoms with E-state index in [1.54, 1.807) is 19.1 Å². The van der Waals surface area contributed by atoms with E-state index in [-0.39, 0.29) is 16.8 Å². The van der Waals surface area contributed by atoms with Crippen molar-refractivity contribution < 1.29 is 9.53 Å². The highest BCUT2D eigenvalue weighted by molar-refractivity contribution is 7.80. The normalized spacial score (nSPS) is 12.1. The predicted octanol–water partition coefficient (Wildman–Crippen LogP) is 2.22. The van der Waals surface area contributed by atoms with Gasteiger partial charge in [0.2, 0.25) is 5.91 Å². The first kappa shape index (κ1) is 15.4. The zero-order valence-electron chi connectivity index (χ0n) is 11.7. The highest BCUT2D eigenvalue weighted by Crippen LogP contribution is 2.22. The Kier molecular flexibility index (Phi) is 5.30. The fourth-order valence-corrected chi connectivity index (χ4v) is 2.25. The number of nitrogens with two attached hydrogens (primary N) is 1. The smallest absolute Gasteiger partial charge is 0.236 e. The molecule has 1 amide bonds. The Morgan fingerprint density at radius 1 is 1.32 bits per heavy atom. The molecule has 0 fully saturated rings. The average molecular weight is 280 g/mol. The average Bonchev–Trinajstić information content (AvgIpc) is 2.37. The minimum Gasteiger partial charge on any atom is -0.497 e. The first-order valence-corrected chi connectivity index (χ1v) is 6.50. The number of nitrogens with zero attached hydrogens (tertiary/aromatic N) is 1. The Hall–Kier alpha value is -1.62. The van der Waals surface area contributed by atoms with E-state index in [1.807, 2.05) is 38.1 Å². The highest BCUT2D eigenvalue weighted by atomic mass is 32.1. The second kappa shape index (κ2) is 6.52. The standard InChI is InChI=1S/C14H20N2O2S/c1-9(2)12(13(15)19)14(17)16(3)10-5-7-11(18-4)8-6-10/h5-9,12H,1-4H3,(H2,15,19). The van der Waals surface area contributed by atoms with Crippen molar-refractivity contribution in [3.05, 3.63) is 24.3 Å². The van der Waals surface area contributed by atoms with Gasteiger partial charge in [-0.25, -0.2) is 0 Å². The van der Waals surface area contributed by atoms with Crippen molar-refractivity contribution in [1.29, 1.82) is 0 Å². The monoisotopic (exact) mass is 280 g/mol. The molecule has 0 heterocycles. The predicted molar refractivity (Wildman–Crippen MR) is 81.5 cm³/mol. The van der Waals surface area contributed by atoms with Crippen LogP contribution in [-0.4, -0.2) is 25.1 Å². The molecule has 0 aliphatic rings. The van der Waals surface area contributed by atoms with Crippen LogP contribution in [0.15, 0.2) is 24.3 Å². The second-order valence-corrected chi connectivity index (χ2v) is 5.19. The number of benzene rings is 1. The molecule has 2 N–H and O–H groups in total. The number of hydrogen-bond acceptors (Lipinski definition) is 3. The van der Waals surface area contributed by atoms with Crippen LogP contribution in [0.2, 0.25) is 0 Å². The number of ether oxygens (including phenoxy) is 1. The van der Waals surface area contributed by atoms with Gasteiger partial charge in [0.05, 0.1) is 18.0 Å². The van der Waals surface area contributed by atoms with Crippen LogP contribution < -0.4 is 15.4 Å². The van der Waals surface area contributed by atoms with Crippen LogP contribution in [0.5, 0.6) is 5.75 Å². The van der Waals surface area contributed by atoms with Crippen LogP contribution >= 0.6 is 12.2 Å². The quantitative estimate of drug-likeness (QED) is 0.840. The molecule has 1 unspecified atom stereocenters. The van der Waals surface area contributed by atoms with Crippen LogP contribution in [0, 0.1) is 11.8 Å². The number of thiocarbonyl (C=S) groups is 1. The maximum absolute atomic E-state index is 12.4. The molecule has 1 aromatic rings. The molecule has 0 aromatic heterocycles. The summed E-state index contributed by atoms with van der Waals surface area (Å²) < 4.78 is 5.09. The van der Waals surface area contributed by atoms with E-state index >= 15 is 0 Å². The first-order chi connectivity index (χ1) is 8.88.